The van der Waals surface area contributed by atoms with Crippen LogP contribution in [0, 0.1) is 0 Å². The highest BCUT2D eigenvalue weighted by molar-refractivity contribution is 7.05. The zero-order valence-corrected chi connectivity index (χ0v) is 15.7. The molecule has 1 unspecified atom stereocenters. The summed E-state index contributed by atoms with van der Waals surface area (Å²) in [4.78, 5) is 15.7. The number of nitrogens with zero attached hydrogens (tertiary/aromatic N) is 5. The summed E-state index contributed by atoms with van der Waals surface area (Å²) in [5.74, 6) is 0.322. The first-order valence-corrected chi connectivity index (χ1v) is 9.75. The summed E-state index contributed by atoms with van der Waals surface area (Å²) in [6.07, 6.45) is 8.02. The van der Waals surface area contributed by atoms with Crippen molar-refractivity contribution in [3.8, 4) is 0 Å². The van der Waals surface area contributed by atoms with Crippen LogP contribution in [-0.2, 0) is 13.1 Å². The lowest BCUT2D eigenvalue weighted by molar-refractivity contribution is 0.143. The van der Waals surface area contributed by atoms with E-state index in [0.717, 1.165) is 42.9 Å². The van der Waals surface area contributed by atoms with E-state index in [1.807, 2.05) is 21.8 Å². The van der Waals surface area contributed by atoms with Crippen LogP contribution in [0.25, 0.3) is 0 Å². The summed E-state index contributed by atoms with van der Waals surface area (Å²) in [5.41, 5.74) is 0.985. The Balaban J connectivity index is 1.55. The molecule has 0 aliphatic carbocycles. The Bertz CT molecular complexity index is 668. The van der Waals surface area contributed by atoms with Gasteiger partial charge in [-0.2, -0.15) is 5.10 Å². The Labute approximate surface area is 152 Å². The zero-order valence-electron chi connectivity index (χ0n) is 14.9. The molecule has 1 aliphatic heterocycles. The first kappa shape index (κ1) is 17.8. The van der Waals surface area contributed by atoms with Crippen molar-refractivity contribution in [1.29, 1.82) is 0 Å². The Kier molecular flexibility index (Phi) is 6.01. The average molecular weight is 363 g/mol. The molecule has 3 rings (SSSR count). The summed E-state index contributed by atoms with van der Waals surface area (Å²) < 4.78 is 5.96. The van der Waals surface area contributed by atoms with Crippen molar-refractivity contribution in [3.05, 3.63) is 29.0 Å². The molecule has 1 N–H and O–H groups in total. The third-order valence-corrected chi connectivity index (χ3v) is 5.41. The van der Waals surface area contributed by atoms with E-state index in [-0.39, 0.29) is 12.1 Å². The summed E-state index contributed by atoms with van der Waals surface area (Å²) in [6, 6.07) is 2.23. The Morgan fingerprint density at radius 3 is 3.08 bits per heavy atom. The predicted molar refractivity (Wildman–Crippen MR) is 97.4 cm³/mol. The molecule has 0 radical (unpaired) electrons. The normalized spacial score (nSPS) is 17.9. The number of hydrogen-bond acceptors (Lipinski definition) is 5. The van der Waals surface area contributed by atoms with Gasteiger partial charge in [0.05, 0.1) is 17.1 Å². The van der Waals surface area contributed by atoms with Crippen LogP contribution in [0.2, 0.25) is 0 Å². The molecule has 0 saturated carbocycles. The average Bonchev–Trinajstić information content (AvgIpc) is 3.29. The summed E-state index contributed by atoms with van der Waals surface area (Å²) in [7, 11) is 0. The van der Waals surface area contributed by atoms with Crippen molar-refractivity contribution in [3.63, 3.8) is 0 Å². The van der Waals surface area contributed by atoms with Crippen LogP contribution >= 0.6 is 11.5 Å². The van der Waals surface area contributed by atoms with Gasteiger partial charge in [0.2, 0.25) is 0 Å². The molecule has 0 bridgehead atoms. The maximum atomic E-state index is 12.7. The van der Waals surface area contributed by atoms with Gasteiger partial charge in [-0.1, -0.05) is 18.3 Å². The van der Waals surface area contributed by atoms with Crippen molar-refractivity contribution >= 4 is 17.6 Å². The van der Waals surface area contributed by atoms with Gasteiger partial charge in [0, 0.05) is 31.5 Å². The largest absolute Gasteiger partial charge is 0.333 e. The summed E-state index contributed by atoms with van der Waals surface area (Å²) in [6.45, 7) is 6.37. The molecule has 1 atom stereocenters. The maximum Gasteiger partial charge on any atom is 0.317 e. The van der Waals surface area contributed by atoms with E-state index in [0.29, 0.717) is 12.5 Å². The molecule has 1 fully saturated rings. The van der Waals surface area contributed by atoms with Gasteiger partial charge in [0.1, 0.15) is 0 Å². The van der Waals surface area contributed by atoms with Gasteiger partial charge in [-0.3, -0.25) is 4.68 Å². The quantitative estimate of drug-likeness (QED) is 0.857. The molecule has 1 saturated heterocycles. The minimum atomic E-state index is 0.0215. The molecule has 0 aromatic carbocycles. The molecule has 3 heterocycles. The molecule has 136 valence electrons. The number of amides is 2. The molecule has 7 nitrogen and oxygen atoms in total. The topological polar surface area (TPSA) is 75.9 Å². The number of rotatable bonds is 6. The van der Waals surface area contributed by atoms with Crippen LogP contribution < -0.4 is 5.32 Å². The van der Waals surface area contributed by atoms with E-state index in [9.17, 15) is 4.79 Å². The first-order chi connectivity index (χ1) is 12.1. The third-order valence-electron chi connectivity index (χ3n) is 4.67. The van der Waals surface area contributed by atoms with Crippen molar-refractivity contribution in [1.82, 2.24) is 29.6 Å². The summed E-state index contributed by atoms with van der Waals surface area (Å²) in [5, 5.41) is 11.5. The monoisotopic (exact) mass is 362 g/mol. The van der Waals surface area contributed by atoms with Gasteiger partial charge in [-0.05, 0) is 49.2 Å². The smallest absolute Gasteiger partial charge is 0.317 e. The Hall–Kier alpha value is -1.96. The molecule has 2 amide bonds. The highest BCUT2D eigenvalue weighted by Gasteiger charge is 2.26. The number of aryl methyl sites for hydroxylation is 1. The van der Waals surface area contributed by atoms with Gasteiger partial charge >= 0.3 is 6.03 Å². The molecular formula is C17H26N6OS. The zero-order chi connectivity index (χ0) is 17.6. The van der Waals surface area contributed by atoms with Crippen LogP contribution in [0.15, 0.2) is 18.5 Å². The molecular weight excluding hydrogens is 336 g/mol. The molecule has 2 aromatic rings. The fourth-order valence-corrected chi connectivity index (χ4v) is 4.05. The fourth-order valence-electron chi connectivity index (χ4n) is 3.32. The lowest BCUT2D eigenvalue weighted by Crippen LogP contribution is -2.48. The fraction of sp³-hybridized carbons (Fsp3) is 0.647. The SMILES string of the molecule is CC(C)c1nnsc1CNC(=O)N1CCCCC1CCn1cccn1. The van der Waals surface area contributed by atoms with Gasteiger partial charge in [-0.15, -0.1) is 5.10 Å². The third kappa shape index (κ3) is 4.56. The van der Waals surface area contributed by atoms with Crippen molar-refractivity contribution in [2.75, 3.05) is 6.54 Å². The second-order valence-corrected chi connectivity index (χ2v) is 7.63. The molecule has 25 heavy (non-hydrogen) atoms. The molecule has 0 spiro atoms. The van der Waals surface area contributed by atoms with Crippen molar-refractivity contribution in [2.24, 2.45) is 0 Å². The number of carbonyl (C=O) groups is 1. The number of nitrogens with one attached hydrogen (secondary N) is 1. The van der Waals surface area contributed by atoms with Gasteiger partial charge in [0.25, 0.3) is 0 Å². The van der Waals surface area contributed by atoms with Crippen LogP contribution in [-0.4, -0.2) is 42.9 Å². The number of hydrogen-bond donors (Lipinski definition) is 1. The van der Waals surface area contributed by atoms with E-state index < -0.39 is 0 Å². The van der Waals surface area contributed by atoms with Gasteiger partial charge in [-0.25, -0.2) is 4.79 Å². The second kappa shape index (κ2) is 8.42. The van der Waals surface area contributed by atoms with Crippen LogP contribution in [0.5, 0.6) is 0 Å². The van der Waals surface area contributed by atoms with E-state index >= 15 is 0 Å². The molecule has 1 aliphatic rings. The van der Waals surface area contributed by atoms with E-state index in [1.165, 1.54) is 18.0 Å². The highest BCUT2D eigenvalue weighted by atomic mass is 32.1. The summed E-state index contributed by atoms with van der Waals surface area (Å²) >= 11 is 1.37. The van der Waals surface area contributed by atoms with Crippen molar-refractivity contribution < 1.29 is 4.79 Å². The first-order valence-electron chi connectivity index (χ1n) is 8.98. The lowest BCUT2D eigenvalue weighted by atomic mass is 10.00. The Morgan fingerprint density at radius 1 is 1.44 bits per heavy atom. The highest BCUT2D eigenvalue weighted by Crippen LogP contribution is 2.22. The van der Waals surface area contributed by atoms with Crippen LogP contribution in [0.3, 0.4) is 0 Å². The van der Waals surface area contributed by atoms with Crippen LogP contribution in [0.4, 0.5) is 4.79 Å². The van der Waals surface area contributed by atoms with E-state index in [4.69, 9.17) is 0 Å². The number of urea groups is 1. The van der Waals surface area contributed by atoms with E-state index in [2.05, 4.69) is 33.8 Å². The number of piperidine rings is 1. The van der Waals surface area contributed by atoms with Crippen LogP contribution in [0.1, 0.15) is 56.0 Å². The minimum absolute atomic E-state index is 0.0215. The van der Waals surface area contributed by atoms with Gasteiger partial charge in [0.15, 0.2) is 0 Å². The molecule has 8 heteroatoms. The Morgan fingerprint density at radius 2 is 2.32 bits per heavy atom. The maximum absolute atomic E-state index is 12.7. The van der Waals surface area contributed by atoms with Gasteiger partial charge < -0.3 is 10.2 Å². The lowest BCUT2D eigenvalue weighted by Gasteiger charge is -2.35. The van der Waals surface area contributed by atoms with E-state index in [1.54, 1.807) is 6.20 Å². The number of carbonyl (C=O) groups excluding carboxylic acids is 1. The van der Waals surface area contributed by atoms with Crippen molar-refractivity contribution in [2.45, 2.75) is 64.6 Å². The minimum Gasteiger partial charge on any atom is -0.333 e. The standard InChI is InChI=1S/C17H26N6OS/c1-13(2)16-15(25-21-20-16)12-18-17(24)23-10-4-3-6-14(23)7-11-22-9-5-8-19-22/h5,8-9,13-14H,3-4,6-7,10-12H2,1-2H3,(H,18,24). The number of aromatic nitrogens is 4. The number of likely N-dealkylation sites (tertiary alicyclic amines) is 1. The predicted octanol–water partition coefficient (Wildman–Crippen LogP) is 3.01. The second-order valence-electron chi connectivity index (χ2n) is 6.80. The molecule has 2 aromatic heterocycles.